The molecule has 0 bridgehead atoms. The standard InChI is InChI=1S/C15H18N2O2/c1-3-14(18)16-13-8-5-9-17(15(13)19)12-7-4-6-11(2)10-12/h3-4,6-7,10,13H,1,5,8-9H2,2H3,(H,16,18). The van der Waals surface area contributed by atoms with Gasteiger partial charge >= 0.3 is 0 Å². The van der Waals surface area contributed by atoms with Crippen LogP contribution >= 0.6 is 0 Å². The minimum Gasteiger partial charge on any atom is -0.341 e. The van der Waals surface area contributed by atoms with Crippen molar-refractivity contribution in [1.29, 1.82) is 0 Å². The quantitative estimate of drug-likeness (QED) is 0.840. The van der Waals surface area contributed by atoms with Gasteiger partial charge in [0.05, 0.1) is 0 Å². The second-order valence-electron chi connectivity index (χ2n) is 4.74. The molecule has 1 aliphatic rings. The molecule has 0 radical (unpaired) electrons. The van der Waals surface area contributed by atoms with Crippen LogP contribution in [0.4, 0.5) is 5.69 Å². The smallest absolute Gasteiger partial charge is 0.249 e. The summed E-state index contributed by atoms with van der Waals surface area (Å²) in [6, 6.07) is 7.39. The number of nitrogens with zero attached hydrogens (tertiary/aromatic N) is 1. The second kappa shape index (κ2) is 5.69. The molecule has 4 nitrogen and oxygen atoms in total. The van der Waals surface area contributed by atoms with Crippen molar-refractivity contribution in [2.75, 3.05) is 11.4 Å². The van der Waals surface area contributed by atoms with Crippen molar-refractivity contribution in [3.05, 3.63) is 42.5 Å². The van der Waals surface area contributed by atoms with Crippen LogP contribution in [0.3, 0.4) is 0 Å². The van der Waals surface area contributed by atoms with E-state index in [4.69, 9.17) is 0 Å². The zero-order chi connectivity index (χ0) is 13.8. The van der Waals surface area contributed by atoms with Crippen molar-refractivity contribution in [2.45, 2.75) is 25.8 Å². The molecule has 1 atom stereocenters. The van der Waals surface area contributed by atoms with E-state index < -0.39 is 6.04 Å². The van der Waals surface area contributed by atoms with E-state index in [1.165, 1.54) is 6.08 Å². The van der Waals surface area contributed by atoms with Gasteiger partial charge in [-0.3, -0.25) is 9.59 Å². The predicted octanol–water partition coefficient (Wildman–Crippen LogP) is 1.79. The number of amides is 2. The Kier molecular flexibility index (Phi) is 4.00. The molecule has 0 spiro atoms. The zero-order valence-electron chi connectivity index (χ0n) is 11.1. The van der Waals surface area contributed by atoms with E-state index >= 15 is 0 Å². The van der Waals surface area contributed by atoms with E-state index in [1.54, 1.807) is 4.90 Å². The van der Waals surface area contributed by atoms with Crippen LogP contribution < -0.4 is 10.2 Å². The maximum absolute atomic E-state index is 12.4. The molecule has 100 valence electrons. The van der Waals surface area contributed by atoms with E-state index in [-0.39, 0.29) is 11.8 Å². The van der Waals surface area contributed by atoms with Gasteiger partial charge in [-0.25, -0.2) is 0 Å². The summed E-state index contributed by atoms with van der Waals surface area (Å²) < 4.78 is 0. The molecule has 1 aromatic carbocycles. The fraction of sp³-hybridized carbons (Fsp3) is 0.333. The molecule has 4 heteroatoms. The van der Waals surface area contributed by atoms with Crippen molar-refractivity contribution in [2.24, 2.45) is 0 Å². The molecule has 1 fully saturated rings. The Labute approximate surface area is 113 Å². The first-order chi connectivity index (χ1) is 9.11. The number of anilines is 1. The number of hydrogen-bond acceptors (Lipinski definition) is 2. The van der Waals surface area contributed by atoms with Crippen LogP contribution in [0.1, 0.15) is 18.4 Å². The average molecular weight is 258 g/mol. The Morgan fingerprint density at radius 3 is 3.00 bits per heavy atom. The van der Waals surface area contributed by atoms with Crippen LogP contribution in [0.25, 0.3) is 0 Å². The van der Waals surface area contributed by atoms with E-state index in [1.807, 2.05) is 31.2 Å². The number of carbonyl (C=O) groups excluding carboxylic acids is 2. The number of benzene rings is 1. The summed E-state index contributed by atoms with van der Waals surface area (Å²) in [7, 11) is 0. The first kappa shape index (κ1) is 13.3. The molecule has 1 aromatic rings. The van der Waals surface area contributed by atoms with Crippen molar-refractivity contribution < 1.29 is 9.59 Å². The van der Waals surface area contributed by atoms with Gasteiger partial charge < -0.3 is 10.2 Å². The lowest BCUT2D eigenvalue weighted by Gasteiger charge is -2.32. The molecule has 2 rings (SSSR count). The molecule has 0 aromatic heterocycles. The maximum Gasteiger partial charge on any atom is 0.249 e. The van der Waals surface area contributed by atoms with Crippen molar-refractivity contribution in [1.82, 2.24) is 5.32 Å². The van der Waals surface area contributed by atoms with E-state index in [0.29, 0.717) is 13.0 Å². The third kappa shape index (κ3) is 3.02. The summed E-state index contributed by atoms with van der Waals surface area (Å²) in [5, 5.41) is 2.68. The van der Waals surface area contributed by atoms with Gasteiger partial charge in [-0.2, -0.15) is 0 Å². The molecule has 1 saturated heterocycles. The predicted molar refractivity (Wildman–Crippen MR) is 74.9 cm³/mol. The van der Waals surface area contributed by atoms with E-state index in [9.17, 15) is 9.59 Å². The highest BCUT2D eigenvalue weighted by molar-refractivity contribution is 6.01. The van der Waals surface area contributed by atoms with Gasteiger partial charge in [-0.05, 0) is 43.5 Å². The molecule has 19 heavy (non-hydrogen) atoms. The van der Waals surface area contributed by atoms with Gasteiger partial charge in [0.1, 0.15) is 6.04 Å². The van der Waals surface area contributed by atoms with Crippen molar-refractivity contribution >= 4 is 17.5 Å². The highest BCUT2D eigenvalue weighted by Crippen LogP contribution is 2.22. The minimum atomic E-state index is -0.445. The largest absolute Gasteiger partial charge is 0.341 e. The maximum atomic E-state index is 12.4. The normalized spacial score (nSPS) is 19.1. The molecular formula is C15H18N2O2. The van der Waals surface area contributed by atoms with Gasteiger partial charge in [-0.1, -0.05) is 18.7 Å². The summed E-state index contributed by atoms with van der Waals surface area (Å²) >= 11 is 0. The van der Waals surface area contributed by atoms with E-state index in [0.717, 1.165) is 17.7 Å². The van der Waals surface area contributed by atoms with Gasteiger partial charge in [0.25, 0.3) is 0 Å². The number of carbonyl (C=O) groups is 2. The molecule has 1 unspecified atom stereocenters. The number of aryl methyl sites for hydroxylation is 1. The summed E-state index contributed by atoms with van der Waals surface area (Å²) in [6.45, 7) is 6.10. The molecule has 2 amide bonds. The highest BCUT2D eigenvalue weighted by atomic mass is 16.2. The molecule has 0 saturated carbocycles. The first-order valence-electron chi connectivity index (χ1n) is 6.43. The first-order valence-corrected chi connectivity index (χ1v) is 6.43. The lowest BCUT2D eigenvalue weighted by Crippen LogP contribution is -2.52. The van der Waals surface area contributed by atoms with Crippen molar-refractivity contribution in [3.8, 4) is 0 Å². The van der Waals surface area contributed by atoms with Crippen LogP contribution in [0.5, 0.6) is 0 Å². The average Bonchev–Trinajstić information content (AvgIpc) is 2.41. The summed E-state index contributed by atoms with van der Waals surface area (Å²) in [6.07, 6.45) is 2.75. The molecule has 1 heterocycles. The molecule has 1 N–H and O–H groups in total. The van der Waals surface area contributed by atoms with Gasteiger partial charge in [-0.15, -0.1) is 0 Å². The monoisotopic (exact) mass is 258 g/mol. The number of nitrogens with one attached hydrogen (secondary N) is 1. The van der Waals surface area contributed by atoms with Gasteiger partial charge in [0.2, 0.25) is 11.8 Å². The fourth-order valence-corrected chi connectivity index (χ4v) is 2.29. The summed E-state index contributed by atoms with van der Waals surface area (Å²) in [5.41, 5.74) is 2.00. The third-order valence-electron chi connectivity index (χ3n) is 3.25. The van der Waals surface area contributed by atoms with Crippen LogP contribution in [-0.2, 0) is 9.59 Å². The minimum absolute atomic E-state index is 0.0490. The van der Waals surface area contributed by atoms with Crippen LogP contribution in [-0.4, -0.2) is 24.4 Å². The van der Waals surface area contributed by atoms with Crippen LogP contribution in [0.2, 0.25) is 0 Å². The number of piperidine rings is 1. The molecule has 1 aliphatic heterocycles. The lowest BCUT2D eigenvalue weighted by atomic mass is 10.0. The Balaban J connectivity index is 2.16. The van der Waals surface area contributed by atoms with Gasteiger partial charge in [0, 0.05) is 12.2 Å². The van der Waals surface area contributed by atoms with E-state index in [2.05, 4.69) is 11.9 Å². The Morgan fingerprint density at radius 1 is 1.53 bits per heavy atom. The van der Waals surface area contributed by atoms with Gasteiger partial charge in [0.15, 0.2) is 0 Å². The lowest BCUT2D eigenvalue weighted by molar-refractivity contribution is -0.126. The fourth-order valence-electron chi connectivity index (χ4n) is 2.29. The highest BCUT2D eigenvalue weighted by Gasteiger charge is 2.30. The topological polar surface area (TPSA) is 49.4 Å². The van der Waals surface area contributed by atoms with Crippen LogP contribution in [0.15, 0.2) is 36.9 Å². The SMILES string of the molecule is C=CC(=O)NC1CCCN(c2cccc(C)c2)C1=O. The summed E-state index contributed by atoms with van der Waals surface area (Å²) in [5.74, 6) is -0.350. The Morgan fingerprint density at radius 2 is 2.32 bits per heavy atom. The number of rotatable bonds is 3. The molecular weight excluding hydrogens is 240 g/mol. The number of hydrogen-bond donors (Lipinski definition) is 1. The van der Waals surface area contributed by atoms with Crippen molar-refractivity contribution in [3.63, 3.8) is 0 Å². The zero-order valence-corrected chi connectivity index (χ0v) is 11.1. The van der Waals surface area contributed by atoms with Crippen LogP contribution in [0, 0.1) is 6.92 Å². The second-order valence-corrected chi connectivity index (χ2v) is 4.74. The molecule has 0 aliphatic carbocycles. The Hall–Kier alpha value is -2.10. The third-order valence-corrected chi connectivity index (χ3v) is 3.25. The Bertz CT molecular complexity index is 511. The summed E-state index contributed by atoms with van der Waals surface area (Å²) in [4.78, 5) is 25.4.